The molecule has 2 unspecified atom stereocenters. The molecule has 2 heterocycles. The van der Waals surface area contributed by atoms with Crippen LogP contribution in [0.4, 0.5) is 4.79 Å². The monoisotopic (exact) mass is 774 g/mol. The van der Waals surface area contributed by atoms with Crippen LogP contribution in [0.15, 0.2) is 77.7 Å². The summed E-state index contributed by atoms with van der Waals surface area (Å²) in [6.45, 7) is 0.111. The van der Waals surface area contributed by atoms with E-state index in [0.29, 0.717) is 40.7 Å². The van der Waals surface area contributed by atoms with Gasteiger partial charge in [0, 0.05) is 18.0 Å². The first-order chi connectivity index (χ1) is 26.2. The average molecular weight is 775 g/mol. The molecule has 0 aromatic heterocycles. The lowest BCUT2D eigenvalue weighted by atomic mass is 9.91. The number of halogens is 1. The Bertz CT molecular complexity index is 1890. The third kappa shape index (κ3) is 8.92. The lowest BCUT2D eigenvalue weighted by molar-refractivity contribution is -0.144. The topological polar surface area (TPSA) is 143 Å². The number of benzene rings is 3. The summed E-state index contributed by atoms with van der Waals surface area (Å²) in [4.78, 5) is 58.3. The number of amides is 4. The molecule has 54 heavy (non-hydrogen) atoms. The minimum absolute atomic E-state index is 0.111. The highest BCUT2D eigenvalue weighted by atomic mass is 35.5. The van der Waals surface area contributed by atoms with Gasteiger partial charge in [0.15, 0.2) is 11.0 Å². The van der Waals surface area contributed by atoms with Gasteiger partial charge in [0.25, 0.3) is 5.91 Å². The van der Waals surface area contributed by atoms with Crippen molar-refractivity contribution in [2.45, 2.75) is 119 Å². The molecule has 0 radical (unpaired) electrons. The number of nitrogens with one attached hydrogen (secondary N) is 3. The number of nitrogens with zero attached hydrogens (tertiary/aromatic N) is 1. The summed E-state index contributed by atoms with van der Waals surface area (Å²) in [5.74, 6) is -0.413. The van der Waals surface area contributed by atoms with Crippen molar-refractivity contribution in [2.24, 2.45) is 5.92 Å². The van der Waals surface area contributed by atoms with Crippen LogP contribution in [0.2, 0.25) is 5.02 Å². The molecule has 2 aliphatic heterocycles. The van der Waals surface area contributed by atoms with E-state index in [1.807, 2.05) is 18.2 Å². The van der Waals surface area contributed by atoms with Gasteiger partial charge in [-0.1, -0.05) is 74.0 Å². The minimum atomic E-state index is -1.82. The highest BCUT2D eigenvalue weighted by molar-refractivity contribution is 7.83. The van der Waals surface area contributed by atoms with Crippen LogP contribution in [0, 0.1) is 5.92 Å². The molecule has 2 saturated carbocycles. The van der Waals surface area contributed by atoms with Gasteiger partial charge in [-0.15, -0.1) is 0 Å². The number of fused-ring (bicyclic) bond motifs is 3. The number of hydrogen-bond donors (Lipinski definition) is 3. The van der Waals surface area contributed by atoms with Crippen molar-refractivity contribution < 1.29 is 32.9 Å². The molecule has 4 amide bonds. The van der Waals surface area contributed by atoms with Crippen LogP contribution in [0.1, 0.15) is 88.2 Å². The van der Waals surface area contributed by atoms with Crippen molar-refractivity contribution in [3.63, 3.8) is 0 Å². The Hall–Kier alpha value is -4.42. The molecule has 13 heteroatoms. The third-order valence-corrected chi connectivity index (χ3v) is 12.4. The first-order valence-corrected chi connectivity index (χ1v) is 20.6. The summed E-state index contributed by atoms with van der Waals surface area (Å²) in [5.41, 5.74) is 0.389. The van der Waals surface area contributed by atoms with Crippen LogP contribution >= 0.6 is 11.6 Å². The number of carbonyl (C=O) groups excluding carboxylic acids is 4. The number of alkyl carbamates (subject to hydrolysis) is 1. The fourth-order valence-corrected chi connectivity index (χ4v) is 9.12. The molecule has 0 spiro atoms. The molecule has 4 aliphatic rings. The van der Waals surface area contributed by atoms with Crippen molar-refractivity contribution in [3.05, 3.63) is 88.9 Å². The molecule has 11 nitrogen and oxygen atoms in total. The van der Waals surface area contributed by atoms with Gasteiger partial charge in [-0.25, -0.2) is 9.00 Å². The van der Waals surface area contributed by atoms with Crippen molar-refractivity contribution in [1.29, 1.82) is 0 Å². The van der Waals surface area contributed by atoms with Gasteiger partial charge in [0.05, 0.1) is 4.90 Å². The second-order valence-electron chi connectivity index (χ2n) is 14.9. The molecule has 3 fully saturated rings. The lowest BCUT2D eigenvalue weighted by Crippen LogP contribution is -2.61. The zero-order valence-corrected chi connectivity index (χ0v) is 31.8. The van der Waals surface area contributed by atoms with Gasteiger partial charge in [-0.3, -0.25) is 19.1 Å². The van der Waals surface area contributed by atoms with Gasteiger partial charge in [0.2, 0.25) is 11.8 Å². The Morgan fingerprint density at radius 2 is 1.56 bits per heavy atom. The molecule has 286 valence electrons. The fraction of sp³-hybridized carbons (Fsp3) is 0.463. The Kier molecular flexibility index (Phi) is 11.9. The first kappa shape index (κ1) is 37.9. The maximum absolute atomic E-state index is 14.6. The maximum Gasteiger partial charge on any atom is 0.408 e. The van der Waals surface area contributed by atoms with Gasteiger partial charge in [0.1, 0.15) is 35.2 Å². The first-order valence-electron chi connectivity index (χ1n) is 19.1. The van der Waals surface area contributed by atoms with Crippen LogP contribution in [-0.2, 0) is 43.1 Å². The van der Waals surface area contributed by atoms with Gasteiger partial charge in [-0.05, 0) is 104 Å². The molecule has 3 aromatic rings. The Balaban J connectivity index is 1.18. The molecular weight excluding hydrogens is 728 g/mol. The van der Waals surface area contributed by atoms with Crippen LogP contribution < -0.4 is 20.1 Å². The quantitative estimate of drug-likeness (QED) is 0.238. The lowest BCUT2D eigenvalue weighted by Gasteiger charge is -2.39. The smallest absolute Gasteiger partial charge is 0.408 e. The fourth-order valence-electron chi connectivity index (χ4n) is 8.06. The van der Waals surface area contributed by atoms with E-state index >= 15 is 0 Å². The van der Waals surface area contributed by atoms with Crippen molar-refractivity contribution in [1.82, 2.24) is 20.3 Å². The van der Waals surface area contributed by atoms with Crippen LogP contribution in [-0.4, -0.2) is 56.7 Å². The number of rotatable bonds is 7. The number of ether oxygens (including phenoxy) is 2. The average Bonchev–Trinajstić information content (AvgIpc) is 3.61. The van der Waals surface area contributed by atoms with E-state index in [1.165, 1.54) is 4.90 Å². The maximum atomic E-state index is 14.6. The predicted molar refractivity (Wildman–Crippen MR) is 204 cm³/mol. The standard InChI is InChI=1S/C41H47ClN4O7S/c42-30-13-11-16-32(24-30)52-33-21-20-27-26-46-36(23-28(27)22-33)37(47)44-41(39(49)45-54(51)34-17-6-4-7-18-34)25-29(41)12-5-2-1-3-8-19-35(38(46)48)43-40(50)53-31-14-9-10-15-31/h4,6-7,11,13,16-18,20-22,24,29,31,35-36H,1-3,5,8-10,12,14-15,19,23,25-26H2,(H,43,50)(H,44,47)(H,45,49)/t29-,35+,36?,41-,54?/m1/s1. The normalized spacial score (nSPS) is 25.4. The highest BCUT2D eigenvalue weighted by Gasteiger charge is 2.61. The minimum Gasteiger partial charge on any atom is -0.457 e. The molecule has 3 N–H and O–H groups in total. The molecule has 2 aliphatic carbocycles. The van der Waals surface area contributed by atoms with Crippen LogP contribution in [0.25, 0.3) is 0 Å². The van der Waals surface area contributed by atoms with Crippen molar-refractivity contribution in [2.75, 3.05) is 0 Å². The van der Waals surface area contributed by atoms with E-state index in [-0.39, 0.29) is 30.9 Å². The second-order valence-corrected chi connectivity index (χ2v) is 16.6. The number of hydrogen-bond acceptors (Lipinski definition) is 7. The molecule has 5 atom stereocenters. The SMILES string of the molecule is O=C(N[C@H]1CCCCCCC[C@@H]2C[C@@]2(C(=O)NS(=O)c2ccccc2)NC(=O)C2Cc3cc(Oc4cccc(Cl)c4)ccc3CN2C1=O)OC1CCCC1. The molecular formula is C41H47ClN4O7S. The van der Waals surface area contributed by atoms with Gasteiger partial charge < -0.3 is 25.0 Å². The summed E-state index contributed by atoms with van der Waals surface area (Å²) < 4.78 is 27.7. The van der Waals surface area contributed by atoms with Gasteiger partial charge in [-0.2, -0.15) is 0 Å². The summed E-state index contributed by atoms with van der Waals surface area (Å²) in [5, 5.41) is 6.47. The van der Waals surface area contributed by atoms with Crippen molar-refractivity contribution >= 4 is 46.4 Å². The summed E-state index contributed by atoms with van der Waals surface area (Å²) in [7, 11) is -1.82. The molecule has 3 aromatic carbocycles. The molecule has 7 rings (SSSR count). The second kappa shape index (κ2) is 16.9. The molecule has 1 saturated heterocycles. The van der Waals surface area contributed by atoms with E-state index in [1.54, 1.807) is 54.6 Å². The summed E-state index contributed by atoms with van der Waals surface area (Å²) >= 11 is 6.19. The van der Waals surface area contributed by atoms with E-state index in [2.05, 4.69) is 15.4 Å². The summed E-state index contributed by atoms with van der Waals surface area (Å²) in [6.07, 6.45) is 8.80. The Morgan fingerprint density at radius 3 is 2.33 bits per heavy atom. The third-order valence-electron chi connectivity index (χ3n) is 11.1. The van der Waals surface area contributed by atoms with E-state index in [4.69, 9.17) is 21.1 Å². The van der Waals surface area contributed by atoms with Crippen molar-refractivity contribution in [3.8, 4) is 11.5 Å². The molecule has 0 bridgehead atoms. The zero-order valence-electron chi connectivity index (χ0n) is 30.2. The summed E-state index contributed by atoms with van der Waals surface area (Å²) in [6, 6.07) is 19.4. The van der Waals surface area contributed by atoms with E-state index in [0.717, 1.165) is 68.9 Å². The predicted octanol–water partition coefficient (Wildman–Crippen LogP) is 6.88. The Labute approximate surface area is 323 Å². The van der Waals surface area contributed by atoms with E-state index < -0.39 is 46.5 Å². The zero-order chi connectivity index (χ0) is 37.7. The Morgan fingerprint density at radius 1 is 0.833 bits per heavy atom. The highest BCUT2D eigenvalue weighted by Crippen LogP contribution is 2.48. The van der Waals surface area contributed by atoms with Crippen LogP contribution in [0.3, 0.4) is 0 Å². The number of carbonyl (C=O) groups is 4. The van der Waals surface area contributed by atoms with Gasteiger partial charge >= 0.3 is 6.09 Å². The largest absolute Gasteiger partial charge is 0.457 e. The van der Waals surface area contributed by atoms with Crippen LogP contribution in [0.5, 0.6) is 11.5 Å². The van der Waals surface area contributed by atoms with E-state index in [9.17, 15) is 23.4 Å².